The molecule has 0 spiro atoms. The second-order valence-corrected chi connectivity index (χ2v) is 7.20. The highest BCUT2D eigenvalue weighted by Gasteiger charge is 2.53. The molecule has 0 saturated heterocycles. The molecule has 5 rings (SSSR count). The molecule has 1 N–H and O–H groups in total. The van der Waals surface area contributed by atoms with Gasteiger partial charge in [-0.3, -0.25) is 4.79 Å². The van der Waals surface area contributed by atoms with Crippen LogP contribution in [0.5, 0.6) is 0 Å². The number of nitrogens with zero attached hydrogens (tertiary/aromatic N) is 3. The lowest BCUT2D eigenvalue weighted by Gasteiger charge is -2.56. The Morgan fingerprint density at radius 2 is 1.80 bits per heavy atom. The van der Waals surface area contributed by atoms with Crippen molar-refractivity contribution < 1.29 is 9.90 Å². The summed E-state index contributed by atoms with van der Waals surface area (Å²) >= 11 is 0. The van der Waals surface area contributed by atoms with E-state index in [9.17, 15) is 4.79 Å². The maximum Gasteiger partial charge on any atom is 0.311 e. The average Bonchev–Trinajstić information content (AvgIpc) is 2.68. The van der Waals surface area contributed by atoms with Gasteiger partial charge in [-0.2, -0.15) is 5.10 Å². The van der Waals surface area contributed by atoms with Crippen LogP contribution in [-0.2, 0) is 16.8 Å². The summed E-state index contributed by atoms with van der Waals surface area (Å²) in [5.41, 5.74) is 0.141. The minimum absolute atomic E-state index is 0.0692. The summed E-state index contributed by atoms with van der Waals surface area (Å²) in [6, 6.07) is 0. The van der Waals surface area contributed by atoms with Crippen molar-refractivity contribution in [3.8, 4) is 0 Å². The van der Waals surface area contributed by atoms with Crippen molar-refractivity contribution in [2.75, 3.05) is 0 Å². The molecule has 4 aliphatic rings. The number of aromatic nitrogens is 3. The molecule has 0 atom stereocenters. The van der Waals surface area contributed by atoms with Crippen LogP contribution < -0.4 is 0 Å². The highest BCUT2D eigenvalue weighted by Crippen LogP contribution is 2.58. The van der Waals surface area contributed by atoms with Gasteiger partial charge < -0.3 is 5.11 Å². The molecule has 4 saturated carbocycles. The van der Waals surface area contributed by atoms with Gasteiger partial charge in [0.05, 0.1) is 5.54 Å². The highest BCUT2D eigenvalue weighted by molar-refractivity contribution is 5.68. The van der Waals surface area contributed by atoms with Crippen LogP contribution in [0.4, 0.5) is 0 Å². The predicted octanol–water partition coefficient (Wildman–Crippen LogP) is 2.14. The lowest BCUT2D eigenvalue weighted by atomic mass is 9.53. The SMILES string of the molecule is Cc1nc(CC(=O)O)nn1C12CC3CC(CC(C3)C1)C2. The number of aryl methyl sites for hydroxylation is 1. The molecule has 0 aliphatic heterocycles. The molecule has 0 unspecified atom stereocenters. The fourth-order valence-electron chi connectivity index (χ4n) is 5.43. The van der Waals surface area contributed by atoms with E-state index in [1.165, 1.54) is 38.5 Å². The van der Waals surface area contributed by atoms with Crippen molar-refractivity contribution in [1.29, 1.82) is 0 Å². The van der Waals surface area contributed by atoms with Gasteiger partial charge in [-0.25, -0.2) is 9.67 Å². The third kappa shape index (κ3) is 1.79. The zero-order chi connectivity index (χ0) is 13.9. The van der Waals surface area contributed by atoms with E-state index in [-0.39, 0.29) is 12.0 Å². The van der Waals surface area contributed by atoms with Gasteiger partial charge in [-0.05, 0) is 63.2 Å². The standard InChI is InChI=1S/C15H21N3O2/c1-9-16-13(5-14(19)20)17-18(9)15-6-10-2-11(7-15)4-12(3-10)8-15/h10-12H,2-8H2,1H3,(H,19,20). The molecule has 20 heavy (non-hydrogen) atoms. The number of carboxylic acids is 1. The Bertz CT molecular complexity index is 528. The zero-order valence-corrected chi connectivity index (χ0v) is 11.9. The third-order valence-corrected chi connectivity index (χ3v) is 5.58. The summed E-state index contributed by atoms with van der Waals surface area (Å²) in [5, 5.41) is 13.5. The van der Waals surface area contributed by atoms with Crippen LogP contribution in [-0.4, -0.2) is 25.8 Å². The Morgan fingerprint density at radius 1 is 1.25 bits per heavy atom. The molecule has 1 aromatic heterocycles. The molecule has 0 amide bonds. The Morgan fingerprint density at radius 3 is 2.30 bits per heavy atom. The van der Waals surface area contributed by atoms with Gasteiger partial charge in [0.25, 0.3) is 0 Å². The fraction of sp³-hybridized carbons (Fsp3) is 0.800. The largest absolute Gasteiger partial charge is 0.481 e. The van der Waals surface area contributed by atoms with E-state index in [1.54, 1.807) is 0 Å². The van der Waals surface area contributed by atoms with Gasteiger partial charge in [0.1, 0.15) is 12.2 Å². The summed E-state index contributed by atoms with van der Waals surface area (Å²) in [6.07, 6.45) is 7.78. The van der Waals surface area contributed by atoms with E-state index in [0.29, 0.717) is 5.82 Å². The molecule has 5 heteroatoms. The number of aliphatic carboxylic acids is 1. The first-order valence-electron chi connectivity index (χ1n) is 7.69. The van der Waals surface area contributed by atoms with Crippen molar-refractivity contribution in [2.45, 2.75) is 57.4 Å². The number of carbonyl (C=O) groups is 1. The van der Waals surface area contributed by atoms with Crippen molar-refractivity contribution in [2.24, 2.45) is 17.8 Å². The second kappa shape index (κ2) is 4.06. The van der Waals surface area contributed by atoms with Gasteiger partial charge in [0.15, 0.2) is 5.82 Å². The maximum atomic E-state index is 10.8. The van der Waals surface area contributed by atoms with Crippen LogP contribution in [0.3, 0.4) is 0 Å². The molecule has 5 nitrogen and oxygen atoms in total. The van der Waals surface area contributed by atoms with Gasteiger partial charge in [-0.15, -0.1) is 0 Å². The molecular weight excluding hydrogens is 254 g/mol. The summed E-state index contributed by atoms with van der Waals surface area (Å²) in [6.45, 7) is 1.97. The summed E-state index contributed by atoms with van der Waals surface area (Å²) in [4.78, 5) is 15.2. The van der Waals surface area contributed by atoms with Crippen LogP contribution in [0.25, 0.3) is 0 Å². The first-order chi connectivity index (χ1) is 9.54. The number of rotatable bonds is 3. The topological polar surface area (TPSA) is 68.0 Å². The van der Waals surface area contributed by atoms with E-state index in [2.05, 4.69) is 14.8 Å². The first kappa shape index (κ1) is 12.4. The van der Waals surface area contributed by atoms with E-state index < -0.39 is 5.97 Å². The number of carboxylic acid groups (broad SMARTS) is 1. The van der Waals surface area contributed by atoms with E-state index in [4.69, 9.17) is 5.11 Å². The van der Waals surface area contributed by atoms with E-state index in [0.717, 1.165) is 23.6 Å². The molecule has 0 aromatic carbocycles. The molecule has 4 fully saturated rings. The normalized spacial score (nSPS) is 38.4. The first-order valence-corrected chi connectivity index (χ1v) is 7.69. The average molecular weight is 275 g/mol. The fourth-order valence-corrected chi connectivity index (χ4v) is 5.43. The summed E-state index contributed by atoms with van der Waals surface area (Å²) in [5.74, 6) is 3.06. The van der Waals surface area contributed by atoms with Crippen molar-refractivity contribution in [3.05, 3.63) is 11.6 Å². The molecule has 1 heterocycles. The maximum absolute atomic E-state index is 10.8. The molecule has 1 aromatic rings. The van der Waals surface area contributed by atoms with Crippen LogP contribution in [0.1, 0.15) is 50.2 Å². The quantitative estimate of drug-likeness (QED) is 0.917. The molecule has 4 bridgehead atoms. The second-order valence-electron chi connectivity index (χ2n) is 7.20. The number of hydrogen-bond acceptors (Lipinski definition) is 3. The van der Waals surface area contributed by atoms with E-state index in [1.807, 2.05) is 6.92 Å². The lowest BCUT2D eigenvalue weighted by Crippen LogP contribution is -2.52. The van der Waals surface area contributed by atoms with Crippen molar-refractivity contribution in [3.63, 3.8) is 0 Å². The minimum atomic E-state index is -0.854. The van der Waals surface area contributed by atoms with Crippen molar-refractivity contribution in [1.82, 2.24) is 14.8 Å². The minimum Gasteiger partial charge on any atom is -0.481 e. The van der Waals surface area contributed by atoms with Crippen LogP contribution in [0.15, 0.2) is 0 Å². The molecule has 4 aliphatic carbocycles. The Kier molecular flexibility index (Phi) is 2.51. The Balaban J connectivity index is 1.70. The summed E-state index contributed by atoms with van der Waals surface area (Å²) < 4.78 is 2.09. The third-order valence-electron chi connectivity index (χ3n) is 5.58. The van der Waals surface area contributed by atoms with Gasteiger partial charge in [-0.1, -0.05) is 0 Å². The Labute approximate surface area is 118 Å². The predicted molar refractivity (Wildman–Crippen MR) is 72.2 cm³/mol. The molecule has 108 valence electrons. The van der Waals surface area contributed by atoms with Crippen molar-refractivity contribution >= 4 is 5.97 Å². The van der Waals surface area contributed by atoms with Crippen LogP contribution in [0, 0.1) is 24.7 Å². The molecule has 0 radical (unpaired) electrons. The van der Waals surface area contributed by atoms with Crippen LogP contribution >= 0.6 is 0 Å². The van der Waals surface area contributed by atoms with Gasteiger partial charge in [0, 0.05) is 0 Å². The zero-order valence-electron chi connectivity index (χ0n) is 11.9. The highest BCUT2D eigenvalue weighted by atomic mass is 16.4. The van der Waals surface area contributed by atoms with E-state index >= 15 is 0 Å². The number of hydrogen-bond donors (Lipinski definition) is 1. The lowest BCUT2D eigenvalue weighted by molar-refractivity contribution is -0.136. The smallest absolute Gasteiger partial charge is 0.311 e. The monoisotopic (exact) mass is 275 g/mol. The Hall–Kier alpha value is -1.39. The van der Waals surface area contributed by atoms with Gasteiger partial charge in [0.2, 0.25) is 0 Å². The van der Waals surface area contributed by atoms with Crippen LogP contribution in [0.2, 0.25) is 0 Å². The summed E-state index contributed by atoms with van der Waals surface area (Å²) in [7, 11) is 0. The molecular formula is C15H21N3O2. The van der Waals surface area contributed by atoms with Gasteiger partial charge >= 0.3 is 5.97 Å².